The van der Waals surface area contributed by atoms with Crippen LogP contribution in [0.5, 0.6) is 0 Å². The molecule has 4 atom stereocenters. The predicted octanol–water partition coefficient (Wildman–Crippen LogP) is 2.17. The summed E-state index contributed by atoms with van der Waals surface area (Å²) in [7, 11) is 0. The summed E-state index contributed by atoms with van der Waals surface area (Å²) in [5.41, 5.74) is -0.0702. The number of halogens is 3. The van der Waals surface area contributed by atoms with E-state index in [1.807, 2.05) is 12.2 Å². The Hall–Kier alpha value is -2.64. The average Bonchev–Trinajstić information content (AvgIpc) is 3.31. The molecule has 0 aromatic heterocycles. The van der Waals surface area contributed by atoms with E-state index in [2.05, 4.69) is 5.32 Å². The lowest BCUT2D eigenvalue weighted by atomic mass is 9.85. The molecule has 1 heterocycles. The second-order valence-electron chi connectivity index (χ2n) is 7.56. The number of nitrogens with zero attached hydrogens (tertiary/aromatic N) is 1. The number of nitrogens with one attached hydrogen (secondary N) is 1. The van der Waals surface area contributed by atoms with E-state index in [1.165, 1.54) is 12.1 Å². The molecule has 2 aliphatic carbocycles. The molecule has 148 valence electrons. The van der Waals surface area contributed by atoms with Gasteiger partial charge in [-0.15, -0.1) is 0 Å². The van der Waals surface area contributed by atoms with E-state index in [0.717, 1.165) is 23.5 Å². The first-order valence-corrected chi connectivity index (χ1v) is 9.22. The lowest BCUT2D eigenvalue weighted by Gasteiger charge is -2.16. The quantitative estimate of drug-likeness (QED) is 0.617. The number of rotatable bonds is 5. The number of allylic oxidation sites excluding steroid dienone is 2. The third-order valence-electron chi connectivity index (χ3n) is 5.88. The van der Waals surface area contributed by atoms with Crippen LogP contribution in [0.15, 0.2) is 36.4 Å². The SMILES string of the molecule is O=C(CN1C(=O)C2C3C=CC(C3)C2C1=O)NCCc1ccc(C(F)(F)F)cc1. The standard InChI is InChI=1S/C20H19F3N2O3/c21-20(22,23)14-5-1-11(2-6-14)7-8-24-15(26)10-25-18(27)16-12-3-4-13(9-12)17(16)19(25)28/h1-6,12-13,16-17H,7-10H2,(H,24,26). The number of alkyl halides is 3. The molecule has 1 aliphatic heterocycles. The van der Waals surface area contributed by atoms with Crippen LogP contribution in [0.25, 0.3) is 0 Å². The summed E-state index contributed by atoms with van der Waals surface area (Å²) in [6, 6.07) is 4.73. The van der Waals surface area contributed by atoms with Gasteiger partial charge in [0.15, 0.2) is 0 Å². The molecule has 4 rings (SSSR count). The van der Waals surface area contributed by atoms with E-state index in [9.17, 15) is 27.6 Å². The van der Waals surface area contributed by atoms with E-state index < -0.39 is 17.6 Å². The van der Waals surface area contributed by atoms with Crippen molar-refractivity contribution in [3.05, 3.63) is 47.5 Å². The van der Waals surface area contributed by atoms with Crippen molar-refractivity contribution in [2.75, 3.05) is 13.1 Å². The van der Waals surface area contributed by atoms with Gasteiger partial charge in [0.05, 0.1) is 17.4 Å². The van der Waals surface area contributed by atoms with Crippen LogP contribution in [0.1, 0.15) is 17.5 Å². The molecule has 3 amide bonds. The smallest absolute Gasteiger partial charge is 0.354 e. The van der Waals surface area contributed by atoms with Gasteiger partial charge in [-0.05, 0) is 42.4 Å². The molecule has 3 aliphatic rings. The Balaban J connectivity index is 1.27. The number of hydrogen-bond acceptors (Lipinski definition) is 3. The molecule has 5 nitrogen and oxygen atoms in total. The molecule has 2 fully saturated rings. The lowest BCUT2D eigenvalue weighted by Crippen LogP contribution is -2.42. The highest BCUT2D eigenvalue weighted by molar-refractivity contribution is 6.08. The first kappa shape index (κ1) is 18.7. The van der Waals surface area contributed by atoms with Crippen molar-refractivity contribution in [2.45, 2.75) is 19.0 Å². The first-order chi connectivity index (χ1) is 13.3. The van der Waals surface area contributed by atoms with Gasteiger partial charge in [-0.25, -0.2) is 0 Å². The Bertz CT molecular complexity index is 817. The Morgan fingerprint density at radius 3 is 2.14 bits per heavy atom. The largest absolute Gasteiger partial charge is 0.416 e. The van der Waals surface area contributed by atoms with Crippen LogP contribution in [-0.4, -0.2) is 35.7 Å². The molecule has 1 N–H and O–H groups in total. The van der Waals surface area contributed by atoms with Crippen LogP contribution in [-0.2, 0) is 27.0 Å². The number of likely N-dealkylation sites (tertiary alicyclic amines) is 1. The molecule has 0 radical (unpaired) electrons. The van der Waals surface area contributed by atoms with Gasteiger partial charge in [0.2, 0.25) is 17.7 Å². The van der Waals surface area contributed by atoms with Crippen molar-refractivity contribution in [1.82, 2.24) is 10.2 Å². The topological polar surface area (TPSA) is 66.5 Å². The number of fused-ring (bicyclic) bond motifs is 5. The molecule has 1 aromatic carbocycles. The summed E-state index contributed by atoms with van der Waals surface area (Å²) in [6.07, 6.45) is 0.787. The van der Waals surface area contributed by atoms with Crippen molar-refractivity contribution in [1.29, 1.82) is 0 Å². The highest BCUT2D eigenvalue weighted by Gasteiger charge is 2.59. The Labute approximate surface area is 159 Å². The zero-order valence-corrected chi connectivity index (χ0v) is 14.9. The van der Waals surface area contributed by atoms with E-state index >= 15 is 0 Å². The van der Waals surface area contributed by atoms with Crippen molar-refractivity contribution >= 4 is 17.7 Å². The maximum Gasteiger partial charge on any atom is 0.416 e. The van der Waals surface area contributed by atoms with Crippen LogP contribution in [0.4, 0.5) is 13.2 Å². The minimum absolute atomic E-state index is 0.0965. The fourth-order valence-electron chi connectivity index (χ4n) is 4.53. The fraction of sp³-hybridized carbons (Fsp3) is 0.450. The highest BCUT2D eigenvalue weighted by Crippen LogP contribution is 2.52. The van der Waals surface area contributed by atoms with Crippen LogP contribution >= 0.6 is 0 Å². The third-order valence-corrected chi connectivity index (χ3v) is 5.88. The van der Waals surface area contributed by atoms with Gasteiger partial charge in [0, 0.05) is 6.54 Å². The van der Waals surface area contributed by atoms with E-state index in [-0.39, 0.29) is 48.6 Å². The number of carbonyl (C=O) groups excluding carboxylic acids is 3. The Morgan fingerprint density at radius 1 is 1.04 bits per heavy atom. The average molecular weight is 392 g/mol. The van der Waals surface area contributed by atoms with Crippen molar-refractivity contribution in [3.8, 4) is 0 Å². The molecule has 4 unspecified atom stereocenters. The number of hydrogen-bond donors (Lipinski definition) is 1. The molecule has 0 spiro atoms. The molecule has 1 aromatic rings. The first-order valence-electron chi connectivity index (χ1n) is 9.22. The summed E-state index contributed by atoms with van der Waals surface area (Å²) in [4.78, 5) is 38.3. The van der Waals surface area contributed by atoms with Gasteiger partial charge in [0.1, 0.15) is 6.54 Å². The van der Waals surface area contributed by atoms with Gasteiger partial charge >= 0.3 is 6.18 Å². The Kier molecular flexibility index (Phi) is 4.51. The van der Waals surface area contributed by atoms with Gasteiger partial charge in [-0.2, -0.15) is 13.2 Å². The van der Waals surface area contributed by atoms with Gasteiger partial charge in [-0.1, -0.05) is 24.3 Å². The highest BCUT2D eigenvalue weighted by atomic mass is 19.4. The molecule has 2 bridgehead atoms. The predicted molar refractivity (Wildman–Crippen MR) is 92.6 cm³/mol. The summed E-state index contributed by atoms with van der Waals surface area (Å²) >= 11 is 0. The van der Waals surface area contributed by atoms with Crippen molar-refractivity contribution in [2.24, 2.45) is 23.7 Å². The summed E-state index contributed by atoms with van der Waals surface area (Å²) in [6.45, 7) is -0.100. The normalized spacial score (nSPS) is 28.2. The van der Waals surface area contributed by atoms with Crippen LogP contribution < -0.4 is 5.32 Å². The van der Waals surface area contributed by atoms with Crippen molar-refractivity contribution in [3.63, 3.8) is 0 Å². The van der Waals surface area contributed by atoms with Crippen molar-refractivity contribution < 1.29 is 27.6 Å². The molecule has 1 saturated carbocycles. The van der Waals surface area contributed by atoms with Crippen LogP contribution in [0, 0.1) is 23.7 Å². The number of amides is 3. The zero-order valence-electron chi connectivity index (χ0n) is 14.9. The van der Waals surface area contributed by atoms with Crippen LogP contribution in [0.2, 0.25) is 0 Å². The molecule has 8 heteroatoms. The van der Waals surface area contributed by atoms with Crippen LogP contribution in [0.3, 0.4) is 0 Å². The van der Waals surface area contributed by atoms with Gasteiger partial charge < -0.3 is 5.32 Å². The summed E-state index contributed by atoms with van der Waals surface area (Å²) in [5.74, 6) is -1.47. The second kappa shape index (κ2) is 6.76. The number of imide groups is 1. The monoisotopic (exact) mass is 392 g/mol. The van der Waals surface area contributed by atoms with E-state index in [4.69, 9.17) is 0 Å². The molecular formula is C20H19F3N2O3. The van der Waals surface area contributed by atoms with E-state index in [1.54, 1.807) is 0 Å². The maximum absolute atomic E-state index is 12.6. The minimum atomic E-state index is -4.38. The Morgan fingerprint density at radius 2 is 1.61 bits per heavy atom. The second-order valence-corrected chi connectivity index (χ2v) is 7.56. The number of carbonyl (C=O) groups is 3. The summed E-state index contributed by atoms with van der Waals surface area (Å²) < 4.78 is 37.7. The van der Waals surface area contributed by atoms with E-state index in [0.29, 0.717) is 12.0 Å². The minimum Gasteiger partial charge on any atom is -0.354 e. The lowest BCUT2D eigenvalue weighted by molar-refractivity contribution is -0.144. The summed E-state index contributed by atoms with van der Waals surface area (Å²) in [5, 5.41) is 2.62. The zero-order chi connectivity index (χ0) is 20.1. The molecule has 1 saturated heterocycles. The maximum atomic E-state index is 12.6. The molecule has 28 heavy (non-hydrogen) atoms. The number of benzene rings is 1. The third kappa shape index (κ3) is 3.21. The van der Waals surface area contributed by atoms with Gasteiger partial charge in [-0.3, -0.25) is 19.3 Å². The molecular weight excluding hydrogens is 373 g/mol. The fourth-order valence-corrected chi connectivity index (χ4v) is 4.53. The van der Waals surface area contributed by atoms with Gasteiger partial charge in [0.25, 0.3) is 0 Å².